The van der Waals surface area contributed by atoms with Crippen LogP contribution in [-0.2, 0) is 17.9 Å². The van der Waals surface area contributed by atoms with E-state index in [2.05, 4.69) is 27.3 Å². The Morgan fingerprint density at radius 3 is 2.83 bits per heavy atom. The number of hydrogen-bond acceptors (Lipinski definition) is 3. The Labute approximate surface area is 115 Å². The summed E-state index contributed by atoms with van der Waals surface area (Å²) in [6.07, 6.45) is 1.67. The molecule has 0 saturated carbocycles. The molecule has 3 nitrogen and oxygen atoms in total. The van der Waals surface area contributed by atoms with E-state index in [1.165, 1.54) is 0 Å². The summed E-state index contributed by atoms with van der Waals surface area (Å²) >= 11 is 3.44. The number of ether oxygens (including phenoxy) is 1. The third-order valence-corrected chi connectivity index (χ3v) is 3.32. The first-order valence-electron chi connectivity index (χ1n) is 5.92. The zero-order valence-corrected chi connectivity index (χ0v) is 11.9. The summed E-state index contributed by atoms with van der Waals surface area (Å²) in [6, 6.07) is 10.0. The lowest BCUT2D eigenvalue weighted by atomic mass is 10.2. The predicted octanol–water partition coefficient (Wildman–Crippen LogP) is 4.19. The fraction of sp³-hybridized carbons (Fsp3) is 0.286. The van der Waals surface area contributed by atoms with Gasteiger partial charge in [0, 0.05) is 17.9 Å². The van der Waals surface area contributed by atoms with Crippen molar-refractivity contribution in [3.8, 4) is 0 Å². The van der Waals surface area contributed by atoms with Gasteiger partial charge in [0.15, 0.2) is 0 Å². The van der Waals surface area contributed by atoms with E-state index in [0.29, 0.717) is 13.2 Å². The molecular formula is C14H16BrNO2. The highest BCUT2D eigenvalue weighted by molar-refractivity contribution is 9.10. The number of rotatable bonds is 6. The summed E-state index contributed by atoms with van der Waals surface area (Å²) in [5.74, 6) is 0.890. The Morgan fingerprint density at radius 1 is 1.28 bits per heavy atom. The molecule has 0 saturated heterocycles. The van der Waals surface area contributed by atoms with E-state index in [9.17, 15) is 0 Å². The van der Waals surface area contributed by atoms with Crippen LogP contribution in [0.3, 0.4) is 0 Å². The molecule has 0 aliphatic heterocycles. The molecule has 1 aromatic carbocycles. The highest BCUT2D eigenvalue weighted by atomic mass is 79.9. The lowest BCUT2D eigenvalue weighted by Crippen LogP contribution is -2.03. The SMILES string of the molecule is CCOCc1ccccc1NCc1occc1Br. The van der Waals surface area contributed by atoms with Gasteiger partial charge in [-0.2, -0.15) is 0 Å². The Bertz CT molecular complexity index is 496. The predicted molar refractivity (Wildman–Crippen MR) is 75.5 cm³/mol. The van der Waals surface area contributed by atoms with E-state index in [4.69, 9.17) is 9.15 Å². The molecule has 0 fully saturated rings. The first-order valence-corrected chi connectivity index (χ1v) is 6.72. The van der Waals surface area contributed by atoms with E-state index in [0.717, 1.165) is 28.1 Å². The third kappa shape index (κ3) is 3.37. The maximum Gasteiger partial charge on any atom is 0.136 e. The van der Waals surface area contributed by atoms with Crippen LogP contribution < -0.4 is 5.32 Å². The first kappa shape index (κ1) is 13.2. The number of para-hydroxylation sites is 1. The molecule has 2 rings (SSSR count). The van der Waals surface area contributed by atoms with E-state index in [-0.39, 0.29) is 0 Å². The minimum atomic E-state index is 0.624. The van der Waals surface area contributed by atoms with Crippen LogP contribution in [0.4, 0.5) is 5.69 Å². The second-order valence-corrected chi connectivity index (χ2v) is 4.69. The van der Waals surface area contributed by atoms with Crippen molar-refractivity contribution in [1.82, 2.24) is 0 Å². The summed E-state index contributed by atoms with van der Waals surface area (Å²) < 4.78 is 11.8. The van der Waals surface area contributed by atoms with Gasteiger partial charge in [-0.25, -0.2) is 0 Å². The molecule has 0 radical (unpaired) electrons. The Morgan fingerprint density at radius 2 is 2.11 bits per heavy atom. The lowest BCUT2D eigenvalue weighted by Gasteiger charge is -2.11. The molecule has 96 valence electrons. The van der Waals surface area contributed by atoms with Crippen LogP contribution in [0.25, 0.3) is 0 Å². The number of anilines is 1. The van der Waals surface area contributed by atoms with Crippen LogP contribution in [0.15, 0.2) is 45.5 Å². The summed E-state index contributed by atoms with van der Waals surface area (Å²) in [5, 5.41) is 3.36. The number of furan rings is 1. The van der Waals surface area contributed by atoms with E-state index < -0.39 is 0 Å². The summed E-state index contributed by atoms with van der Waals surface area (Å²) in [4.78, 5) is 0. The fourth-order valence-electron chi connectivity index (χ4n) is 1.66. The highest BCUT2D eigenvalue weighted by Gasteiger charge is 2.05. The zero-order chi connectivity index (χ0) is 12.8. The molecular weight excluding hydrogens is 294 g/mol. The van der Waals surface area contributed by atoms with Gasteiger partial charge in [-0.05, 0) is 35.0 Å². The van der Waals surface area contributed by atoms with Gasteiger partial charge in [-0.3, -0.25) is 0 Å². The van der Waals surface area contributed by atoms with Gasteiger partial charge in [-0.1, -0.05) is 18.2 Å². The maximum absolute atomic E-state index is 5.45. The number of hydrogen-bond donors (Lipinski definition) is 1. The smallest absolute Gasteiger partial charge is 0.136 e. The van der Waals surface area contributed by atoms with Crippen molar-refractivity contribution in [3.05, 3.63) is 52.4 Å². The van der Waals surface area contributed by atoms with Gasteiger partial charge < -0.3 is 14.5 Å². The van der Waals surface area contributed by atoms with Crippen molar-refractivity contribution < 1.29 is 9.15 Å². The van der Waals surface area contributed by atoms with Crippen LogP contribution in [-0.4, -0.2) is 6.61 Å². The van der Waals surface area contributed by atoms with Gasteiger partial charge in [0.2, 0.25) is 0 Å². The molecule has 4 heteroatoms. The molecule has 1 N–H and O–H groups in total. The fourth-order valence-corrected chi connectivity index (χ4v) is 2.00. The molecule has 0 aliphatic carbocycles. The van der Waals surface area contributed by atoms with Gasteiger partial charge in [-0.15, -0.1) is 0 Å². The number of nitrogens with one attached hydrogen (secondary N) is 1. The molecule has 0 amide bonds. The molecule has 2 aromatic rings. The van der Waals surface area contributed by atoms with Crippen LogP contribution >= 0.6 is 15.9 Å². The van der Waals surface area contributed by atoms with Crippen molar-refractivity contribution in [2.75, 3.05) is 11.9 Å². The third-order valence-electron chi connectivity index (χ3n) is 2.61. The van der Waals surface area contributed by atoms with Crippen molar-refractivity contribution in [1.29, 1.82) is 0 Å². The van der Waals surface area contributed by atoms with Crippen molar-refractivity contribution >= 4 is 21.6 Å². The van der Waals surface area contributed by atoms with Gasteiger partial charge in [0.05, 0.1) is 23.9 Å². The van der Waals surface area contributed by atoms with Gasteiger partial charge in [0.25, 0.3) is 0 Å². The largest absolute Gasteiger partial charge is 0.466 e. The Kier molecular flexibility index (Phi) is 4.84. The summed E-state index contributed by atoms with van der Waals surface area (Å²) in [5.41, 5.74) is 2.23. The molecule has 0 atom stereocenters. The summed E-state index contributed by atoms with van der Waals surface area (Å²) in [6.45, 7) is 3.99. The van der Waals surface area contributed by atoms with E-state index in [1.54, 1.807) is 6.26 Å². The molecule has 1 heterocycles. The first-order chi connectivity index (χ1) is 8.81. The zero-order valence-electron chi connectivity index (χ0n) is 10.3. The minimum absolute atomic E-state index is 0.624. The average Bonchev–Trinajstić information content (AvgIpc) is 2.80. The standard InChI is InChI=1S/C14H16BrNO2/c1-2-17-10-11-5-3-4-6-13(11)16-9-14-12(15)7-8-18-14/h3-8,16H,2,9-10H2,1H3. The number of halogens is 1. The second kappa shape index (κ2) is 6.61. The normalized spacial score (nSPS) is 10.6. The topological polar surface area (TPSA) is 34.4 Å². The Balaban J connectivity index is 2.02. The van der Waals surface area contributed by atoms with Crippen LogP contribution in [0, 0.1) is 0 Å². The monoisotopic (exact) mass is 309 g/mol. The molecule has 0 aliphatic rings. The Hall–Kier alpha value is -1.26. The lowest BCUT2D eigenvalue weighted by molar-refractivity contribution is 0.134. The molecule has 0 bridgehead atoms. The molecule has 0 unspecified atom stereocenters. The van der Waals surface area contributed by atoms with Gasteiger partial charge >= 0.3 is 0 Å². The number of benzene rings is 1. The van der Waals surface area contributed by atoms with Crippen LogP contribution in [0.5, 0.6) is 0 Å². The highest BCUT2D eigenvalue weighted by Crippen LogP contribution is 2.21. The van der Waals surface area contributed by atoms with Crippen molar-refractivity contribution in [3.63, 3.8) is 0 Å². The van der Waals surface area contributed by atoms with Crippen molar-refractivity contribution in [2.24, 2.45) is 0 Å². The summed E-state index contributed by atoms with van der Waals surface area (Å²) in [7, 11) is 0. The van der Waals surface area contributed by atoms with Crippen LogP contribution in [0.2, 0.25) is 0 Å². The van der Waals surface area contributed by atoms with Crippen LogP contribution in [0.1, 0.15) is 18.2 Å². The van der Waals surface area contributed by atoms with Gasteiger partial charge in [0.1, 0.15) is 5.76 Å². The maximum atomic E-state index is 5.45. The second-order valence-electron chi connectivity index (χ2n) is 3.84. The average molecular weight is 310 g/mol. The quantitative estimate of drug-likeness (QED) is 0.868. The minimum Gasteiger partial charge on any atom is -0.466 e. The molecule has 1 aromatic heterocycles. The molecule has 18 heavy (non-hydrogen) atoms. The molecule has 0 spiro atoms. The van der Waals surface area contributed by atoms with E-state index >= 15 is 0 Å². The van der Waals surface area contributed by atoms with E-state index in [1.807, 2.05) is 31.2 Å². The van der Waals surface area contributed by atoms with Crippen molar-refractivity contribution in [2.45, 2.75) is 20.1 Å².